The molecule has 4 heteroatoms. The standard InChI is InChI=1S/C20H22N2O2/c1-13(2)18-10-5-7-14(3)19(18)22-20(23)15(4)24-17-9-6-8-16(11-17)12-21/h5-11,13,15H,1-4H3,(H,22,23). The maximum Gasteiger partial charge on any atom is 0.265 e. The van der Waals surface area contributed by atoms with Crippen molar-refractivity contribution in [3.8, 4) is 11.8 Å². The van der Waals surface area contributed by atoms with Crippen LogP contribution in [0.25, 0.3) is 0 Å². The number of ether oxygens (including phenoxy) is 1. The summed E-state index contributed by atoms with van der Waals surface area (Å²) in [6, 6.07) is 14.8. The van der Waals surface area contributed by atoms with E-state index in [2.05, 4.69) is 25.2 Å². The average molecular weight is 322 g/mol. The van der Waals surface area contributed by atoms with Gasteiger partial charge in [0.05, 0.1) is 11.6 Å². The van der Waals surface area contributed by atoms with Crippen LogP contribution in [0.5, 0.6) is 5.75 Å². The smallest absolute Gasteiger partial charge is 0.265 e. The summed E-state index contributed by atoms with van der Waals surface area (Å²) in [5.41, 5.74) is 3.47. The minimum atomic E-state index is -0.668. The Morgan fingerprint density at radius 1 is 1.17 bits per heavy atom. The highest BCUT2D eigenvalue weighted by atomic mass is 16.5. The fraction of sp³-hybridized carbons (Fsp3) is 0.300. The molecule has 124 valence electrons. The summed E-state index contributed by atoms with van der Waals surface area (Å²) in [5.74, 6) is 0.600. The number of hydrogen-bond acceptors (Lipinski definition) is 3. The van der Waals surface area contributed by atoms with Crippen LogP contribution in [-0.2, 0) is 4.79 Å². The third-order valence-corrected chi connectivity index (χ3v) is 3.82. The van der Waals surface area contributed by atoms with Crippen molar-refractivity contribution in [1.29, 1.82) is 5.26 Å². The number of carbonyl (C=O) groups excluding carboxylic acids is 1. The molecule has 24 heavy (non-hydrogen) atoms. The van der Waals surface area contributed by atoms with Crippen molar-refractivity contribution in [1.82, 2.24) is 0 Å². The Morgan fingerprint density at radius 2 is 1.88 bits per heavy atom. The van der Waals surface area contributed by atoms with Gasteiger partial charge in [0, 0.05) is 5.69 Å². The number of rotatable bonds is 5. The molecule has 0 saturated heterocycles. The second kappa shape index (κ2) is 7.65. The zero-order chi connectivity index (χ0) is 17.7. The van der Waals surface area contributed by atoms with Crippen molar-refractivity contribution >= 4 is 11.6 Å². The number of carbonyl (C=O) groups is 1. The van der Waals surface area contributed by atoms with E-state index in [1.54, 1.807) is 31.2 Å². The Morgan fingerprint density at radius 3 is 2.54 bits per heavy atom. The van der Waals surface area contributed by atoms with Gasteiger partial charge in [0.2, 0.25) is 0 Å². The summed E-state index contributed by atoms with van der Waals surface area (Å²) in [4.78, 5) is 12.5. The molecule has 1 unspecified atom stereocenters. The molecule has 2 aromatic carbocycles. The van der Waals surface area contributed by atoms with Gasteiger partial charge in [-0.25, -0.2) is 0 Å². The molecule has 0 fully saturated rings. The number of nitrogens with zero attached hydrogens (tertiary/aromatic N) is 1. The molecule has 1 amide bonds. The Balaban J connectivity index is 2.14. The van der Waals surface area contributed by atoms with E-state index in [9.17, 15) is 4.79 Å². The molecular weight excluding hydrogens is 300 g/mol. The SMILES string of the molecule is Cc1cccc(C(C)C)c1NC(=O)C(C)Oc1cccc(C#N)c1. The van der Waals surface area contributed by atoms with Crippen molar-refractivity contribution < 1.29 is 9.53 Å². The molecular formula is C20H22N2O2. The number of anilines is 1. The number of benzene rings is 2. The third kappa shape index (κ3) is 4.14. The molecule has 0 aromatic heterocycles. The molecule has 0 aliphatic heterocycles. The molecule has 0 saturated carbocycles. The number of para-hydroxylation sites is 1. The molecule has 0 aliphatic carbocycles. The molecule has 2 rings (SSSR count). The van der Waals surface area contributed by atoms with Crippen molar-refractivity contribution in [2.45, 2.75) is 39.7 Å². The fourth-order valence-corrected chi connectivity index (χ4v) is 2.46. The van der Waals surface area contributed by atoms with Crippen LogP contribution < -0.4 is 10.1 Å². The van der Waals surface area contributed by atoms with Crippen molar-refractivity contribution in [2.24, 2.45) is 0 Å². The summed E-state index contributed by atoms with van der Waals surface area (Å²) >= 11 is 0. The molecule has 0 aliphatic rings. The van der Waals surface area contributed by atoms with Crippen molar-refractivity contribution in [3.05, 3.63) is 59.2 Å². The van der Waals surface area contributed by atoms with E-state index in [1.807, 2.05) is 25.1 Å². The highest BCUT2D eigenvalue weighted by Gasteiger charge is 2.18. The first kappa shape index (κ1) is 17.6. The van der Waals surface area contributed by atoms with Crippen LogP contribution in [0, 0.1) is 18.3 Å². The minimum absolute atomic E-state index is 0.214. The van der Waals surface area contributed by atoms with Crippen molar-refractivity contribution in [2.75, 3.05) is 5.32 Å². The zero-order valence-corrected chi connectivity index (χ0v) is 14.5. The van der Waals surface area contributed by atoms with Gasteiger partial charge in [0.1, 0.15) is 5.75 Å². The lowest BCUT2D eigenvalue weighted by Crippen LogP contribution is -2.30. The first-order chi connectivity index (χ1) is 11.4. The zero-order valence-electron chi connectivity index (χ0n) is 14.5. The molecule has 0 bridgehead atoms. The predicted octanol–water partition coefficient (Wildman–Crippen LogP) is 4.40. The van der Waals surface area contributed by atoms with Gasteiger partial charge in [-0.2, -0.15) is 5.26 Å². The highest BCUT2D eigenvalue weighted by molar-refractivity contribution is 5.95. The van der Waals surface area contributed by atoms with Crippen molar-refractivity contribution in [3.63, 3.8) is 0 Å². The monoisotopic (exact) mass is 322 g/mol. The first-order valence-corrected chi connectivity index (χ1v) is 7.99. The van der Waals surface area contributed by atoms with Gasteiger partial charge in [0.25, 0.3) is 5.91 Å². The normalized spacial score (nSPS) is 11.7. The number of amides is 1. The van der Waals surface area contributed by atoms with Crippen LogP contribution in [0.15, 0.2) is 42.5 Å². The number of hydrogen-bond donors (Lipinski definition) is 1. The van der Waals surface area contributed by atoms with Crippen LogP contribution in [0.1, 0.15) is 43.4 Å². The molecule has 0 radical (unpaired) electrons. The Labute approximate surface area is 143 Å². The van der Waals surface area contributed by atoms with E-state index in [0.717, 1.165) is 16.8 Å². The number of aryl methyl sites for hydroxylation is 1. The summed E-state index contributed by atoms with van der Waals surface area (Å²) in [7, 11) is 0. The Bertz CT molecular complexity index is 775. The lowest BCUT2D eigenvalue weighted by molar-refractivity contribution is -0.122. The van der Waals surface area contributed by atoms with Gasteiger partial charge in [-0.15, -0.1) is 0 Å². The van der Waals surface area contributed by atoms with Gasteiger partial charge in [-0.3, -0.25) is 4.79 Å². The second-order valence-electron chi connectivity index (χ2n) is 6.08. The largest absolute Gasteiger partial charge is 0.481 e. The van der Waals surface area contributed by atoms with Crippen LogP contribution in [-0.4, -0.2) is 12.0 Å². The third-order valence-electron chi connectivity index (χ3n) is 3.82. The Kier molecular flexibility index (Phi) is 5.59. The van der Waals surface area contributed by atoms with Crippen LogP contribution >= 0.6 is 0 Å². The van der Waals surface area contributed by atoms with Crippen LogP contribution in [0.4, 0.5) is 5.69 Å². The Hall–Kier alpha value is -2.80. The topological polar surface area (TPSA) is 62.1 Å². The average Bonchev–Trinajstić information content (AvgIpc) is 2.56. The predicted molar refractivity (Wildman–Crippen MR) is 95.1 cm³/mol. The van der Waals surface area contributed by atoms with E-state index in [4.69, 9.17) is 10.00 Å². The van der Waals surface area contributed by atoms with E-state index < -0.39 is 6.10 Å². The molecule has 0 spiro atoms. The molecule has 0 heterocycles. The van der Waals surface area contributed by atoms with E-state index in [1.165, 1.54) is 0 Å². The summed E-state index contributed by atoms with van der Waals surface area (Å²) in [6.45, 7) is 7.86. The van der Waals surface area contributed by atoms with Crippen LogP contribution in [0.3, 0.4) is 0 Å². The fourth-order valence-electron chi connectivity index (χ4n) is 2.46. The lowest BCUT2D eigenvalue weighted by atomic mass is 9.98. The first-order valence-electron chi connectivity index (χ1n) is 7.99. The number of nitrogens with one attached hydrogen (secondary N) is 1. The van der Waals surface area contributed by atoms with Gasteiger partial charge < -0.3 is 10.1 Å². The highest BCUT2D eigenvalue weighted by Crippen LogP contribution is 2.27. The summed E-state index contributed by atoms with van der Waals surface area (Å²) < 4.78 is 5.67. The van der Waals surface area contributed by atoms with Gasteiger partial charge in [-0.05, 0) is 49.1 Å². The lowest BCUT2D eigenvalue weighted by Gasteiger charge is -2.19. The molecule has 1 atom stereocenters. The quantitative estimate of drug-likeness (QED) is 0.887. The van der Waals surface area contributed by atoms with E-state index in [0.29, 0.717) is 17.2 Å². The van der Waals surface area contributed by atoms with Crippen LogP contribution in [0.2, 0.25) is 0 Å². The maximum atomic E-state index is 12.5. The molecule has 4 nitrogen and oxygen atoms in total. The minimum Gasteiger partial charge on any atom is -0.481 e. The van der Waals surface area contributed by atoms with Gasteiger partial charge in [-0.1, -0.05) is 38.1 Å². The maximum absolute atomic E-state index is 12.5. The molecule has 1 N–H and O–H groups in total. The van der Waals surface area contributed by atoms with Gasteiger partial charge in [0.15, 0.2) is 6.10 Å². The number of nitriles is 1. The second-order valence-corrected chi connectivity index (χ2v) is 6.08. The van der Waals surface area contributed by atoms with E-state index in [-0.39, 0.29) is 5.91 Å². The van der Waals surface area contributed by atoms with E-state index >= 15 is 0 Å². The molecule has 2 aromatic rings. The van der Waals surface area contributed by atoms with Gasteiger partial charge >= 0.3 is 0 Å². The summed E-state index contributed by atoms with van der Waals surface area (Å²) in [5, 5.41) is 11.9. The summed E-state index contributed by atoms with van der Waals surface area (Å²) in [6.07, 6.45) is -0.668.